The summed E-state index contributed by atoms with van der Waals surface area (Å²) >= 11 is 11.2. The normalized spacial score (nSPS) is 9.48. The van der Waals surface area contributed by atoms with Crippen LogP contribution < -0.4 is 0 Å². The Morgan fingerprint density at radius 2 is 1.24 bits per heavy atom. The van der Waals surface area contributed by atoms with Crippen LogP contribution in [0.2, 0.25) is 10.0 Å². The maximum absolute atomic E-state index is 10.5. The number of aryl methyl sites for hydroxylation is 1. The average Bonchev–Trinajstić information content (AvgIpc) is 2.42. The van der Waals surface area contributed by atoms with Crippen molar-refractivity contribution in [2.45, 2.75) is 6.92 Å². The highest BCUT2D eigenvalue weighted by Crippen LogP contribution is 2.19. The Kier molecular flexibility index (Phi) is 6.21. The van der Waals surface area contributed by atoms with Crippen molar-refractivity contribution < 1.29 is 19.8 Å². The molecule has 2 aromatic carbocycles. The summed E-state index contributed by atoms with van der Waals surface area (Å²) in [6.07, 6.45) is 0. The number of hydrogen-bond donors (Lipinski definition) is 2. The molecule has 0 heterocycles. The van der Waals surface area contributed by atoms with E-state index in [1.54, 1.807) is 19.1 Å². The molecule has 0 fully saturated rings. The molecule has 0 amide bonds. The fourth-order valence-corrected chi connectivity index (χ4v) is 1.74. The van der Waals surface area contributed by atoms with Gasteiger partial charge in [-0.3, -0.25) is 0 Å². The van der Waals surface area contributed by atoms with Crippen molar-refractivity contribution in [3.8, 4) is 0 Å². The van der Waals surface area contributed by atoms with Gasteiger partial charge in [-0.25, -0.2) is 9.59 Å². The molecule has 0 aliphatic rings. The van der Waals surface area contributed by atoms with Crippen LogP contribution in [0.5, 0.6) is 0 Å². The molecule has 0 aliphatic heterocycles. The van der Waals surface area contributed by atoms with Crippen molar-refractivity contribution >= 4 is 35.1 Å². The lowest BCUT2D eigenvalue weighted by molar-refractivity contribution is 0.0696. The summed E-state index contributed by atoms with van der Waals surface area (Å²) < 4.78 is 0. The van der Waals surface area contributed by atoms with Crippen LogP contribution in [0, 0.1) is 6.92 Å². The molecular formula is C15H12Cl2O4. The molecule has 0 aromatic heterocycles. The maximum atomic E-state index is 10.5. The molecule has 2 N–H and O–H groups in total. The van der Waals surface area contributed by atoms with E-state index in [4.69, 9.17) is 33.4 Å². The molecule has 110 valence electrons. The van der Waals surface area contributed by atoms with E-state index in [9.17, 15) is 9.59 Å². The van der Waals surface area contributed by atoms with E-state index in [2.05, 4.69) is 0 Å². The predicted octanol–water partition coefficient (Wildman–Crippen LogP) is 4.38. The molecule has 0 unspecified atom stereocenters. The van der Waals surface area contributed by atoms with Gasteiger partial charge in [-0.2, -0.15) is 0 Å². The van der Waals surface area contributed by atoms with E-state index >= 15 is 0 Å². The number of benzene rings is 2. The fourth-order valence-electron chi connectivity index (χ4n) is 1.47. The summed E-state index contributed by atoms with van der Waals surface area (Å²) in [7, 11) is 0. The first-order chi connectivity index (χ1) is 9.81. The summed E-state index contributed by atoms with van der Waals surface area (Å²) in [4.78, 5) is 21.1. The Balaban J connectivity index is 0.000000235. The molecule has 0 saturated heterocycles. The van der Waals surface area contributed by atoms with Crippen molar-refractivity contribution in [3.63, 3.8) is 0 Å². The molecular weight excluding hydrogens is 315 g/mol. The van der Waals surface area contributed by atoms with Crippen LogP contribution in [0.1, 0.15) is 26.3 Å². The number of carbonyl (C=O) groups is 2. The van der Waals surface area contributed by atoms with Crippen LogP contribution in [-0.4, -0.2) is 22.2 Å². The highest BCUT2D eigenvalue weighted by Gasteiger charge is 2.09. The molecule has 21 heavy (non-hydrogen) atoms. The lowest BCUT2D eigenvalue weighted by Crippen LogP contribution is -2.02. The molecule has 0 bridgehead atoms. The number of aromatic carboxylic acids is 2. The second kappa shape index (κ2) is 7.67. The third-order valence-corrected chi connectivity index (χ3v) is 3.15. The van der Waals surface area contributed by atoms with Gasteiger partial charge >= 0.3 is 11.9 Å². The molecule has 2 aromatic rings. The van der Waals surface area contributed by atoms with Crippen molar-refractivity contribution in [1.29, 1.82) is 0 Å². The number of hydrogen-bond acceptors (Lipinski definition) is 2. The second-order valence-corrected chi connectivity index (χ2v) is 4.93. The van der Waals surface area contributed by atoms with Crippen LogP contribution in [0.15, 0.2) is 42.5 Å². The van der Waals surface area contributed by atoms with E-state index < -0.39 is 11.9 Å². The van der Waals surface area contributed by atoms with Gasteiger partial charge in [0.15, 0.2) is 0 Å². The molecule has 6 heteroatoms. The predicted molar refractivity (Wildman–Crippen MR) is 81.6 cm³/mol. The molecule has 0 spiro atoms. The lowest BCUT2D eigenvalue weighted by Gasteiger charge is -1.99. The van der Waals surface area contributed by atoms with Gasteiger partial charge in [0, 0.05) is 0 Å². The highest BCUT2D eigenvalue weighted by atomic mass is 35.5. The first kappa shape index (κ1) is 17.0. The topological polar surface area (TPSA) is 74.6 Å². The molecule has 0 saturated carbocycles. The minimum atomic E-state index is -1.12. The van der Waals surface area contributed by atoms with E-state index in [-0.39, 0.29) is 11.1 Å². The van der Waals surface area contributed by atoms with Crippen LogP contribution in [0.3, 0.4) is 0 Å². The zero-order chi connectivity index (χ0) is 16.0. The summed E-state index contributed by atoms with van der Waals surface area (Å²) in [6.45, 7) is 1.65. The zero-order valence-electron chi connectivity index (χ0n) is 11.0. The van der Waals surface area contributed by atoms with E-state index in [1.165, 1.54) is 12.1 Å². The number of rotatable bonds is 2. The number of carboxylic acids is 2. The van der Waals surface area contributed by atoms with Gasteiger partial charge in [0.2, 0.25) is 0 Å². The Morgan fingerprint density at radius 3 is 1.52 bits per heavy atom. The molecule has 2 rings (SSSR count). The standard InChI is InChI=1S/C9H8O4.C6H4Cl2/c1-5-2-6(8(10)11)4-7(3-5)9(12)13;7-5-3-1-2-4-6(5)8/h2-4H,1H3,(H,10,11)(H,12,13);1-4H. The van der Waals surface area contributed by atoms with Gasteiger partial charge in [0.05, 0.1) is 21.2 Å². The van der Waals surface area contributed by atoms with E-state index in [0.717, 1.165) is 6.07 Å². The molecule has 0 atom stereocenters. The summed E-state index contributed by atoms with van der Waals surface area (Å²) in [5.41, 5.74) is 0.618. The average molecular weight is 327 g/mol. The maximum Gasteiger partial charge on any atom is 0.335 e. The quantitative estimate of drug-likeness (QED) is 0.858. The van der Waals surface area contributed by atoms with Gasteiger partial charge in [0.25, 0.3) is 0 Å². The van der Waals surface area contributed by atoms with Crippen LogP contribution >= 0.6 is 23.2 Å². The van der Waals surface area contributed by atoms with Gasteiger partial charge < -0.3 is 10.2 Å². The van der Waals surface area contributed by atoms with Gasteiger partial charge in [0.1, 0.15) is 0 Å². The molecule has 4 nitrogen and oxygen atoms in total. The first-order valence-corrected chi connectivity index (χ1v) is 6.55. The smallest absolute Gasteiger partial charge is 0.335 e. The second-order valence-electron chi connectivity index (χ2n) is 4.11. The number of halogens is 2. The molecule has 0 radical (unpaired) electrons. The van der Waals surface area contributed by atoms with Crippen molar-refractivity contribution in [3.05, 3.63) is 69.2 Å². The summed E-state index contributed by atoms with van der Waals surface area (Å²) in [6, 6.07) is 11.2. The van der Waals surface area contributed by atoms with E-state index in [1.807, 2.05) is 12.1 Å². The van der Waals surface area contributed by atoms with Crippen LogP contribution in [-0.2, 0) is 0 Å². The largest absolute Gasteiger partial charge is 0.478 e. The zero-order valence-corrected chi connectivity index (χ0v) is 12.5. The van der Waals surface area contributed by atoms with E-state index in [0.29, 0.717) is 15.6 Å². The minimum absolute atomic E-state index is 0.00241. The Morgan fingerprint density at radius 1 is 0.857 bits per heavy atom. The summed E-state index contributed by atoms with van der Waals surface area (Å²) in [5, 5.41) is 18.5. The summed E-state index contributed by atoms with van der Waals surface area (Å²) in [5.74, 6) is -2.24. The Labute approximate surface area is 131 Å². The van der Waals surface area contributed by atoms with Crippen molar-refractivity contribution in [2.75, 3.05) is 0 Å². The third-order valence-electron chi connectivity index (χ3n) is 2.40. The van der Waals surface area contributed by atoms with Gasteiger partial charge in [-0.05, 0) is 42.8 Å². The monoisotopic (exact) mass is 326 g/mol. The van der Waals surface area contributed by atoms with Crippen LogP contribution in [0.4, 0.5) is 0 Å². The third kappa shape index (κ3) is 5.45. The van der Waals surface area contributed by atoms with Gasteiger partial charge in [-0.1, -0.05) is 35.3 Å². The highest BCUT2D eigenvalue weighted by molar-refractivity contribution is 6.41. The SMILES string of the molecule is Cc1cc(C(=O)O)cc(C(=O)O)c1.Clc1ccccc1Cl. The number of carboxylic acid groups (broad SMARTS) is 2. The first-order valence-electron chi connectivity index (χ1n) is 5.79. The minimum Gasteiger partial charge on any atom is -0.478 e. The molecule has 0 aliphatic carbocycles. The fraction of sp³-hybridized carbons (Fsp3) is 0.0667. The Bertz CT molecular complexity index is 615. The van der Waals surface area contributed by atoms with Crippen LogP contribution in [0.25, 0.3) is 0 Å². The lowest BCUT2D eigenvalue weighted by atomic mass is 10.1. The van der Waals surface area contributed by atoms with Crippen molar-refractivity contribution in [2.24, 2.45) is 0 Å². The van der Waals surface area contributed by atoms with Crippen molar-refractivity contribution in [1.82, 2.24) is 0 Å². The van der Waals surface area contributed by atoms with Gasteiger partial charge in [-0.15, -0.1) is 0 Å². The Hall–Kier alpha value is -2.04.